The van der Waals surface area contributed by atoms with Crippen LogP contribution in [0.25, 0.3) is 0 Å². The number of nitrogens with one attached hydrogen (secondary N) is 1. The molecule has 1 atom stereocenters. The maximum Gasteiger partial charge on any atom is 0.122 e. The minimum absolute atomic E-state index is 0.0326. The molecule has 19 heavy (non-hydrogen) atoms. The Labute approximate surface area is 117 Å². The summed E-state index contributed by atoms with van der Waals surface area (Å²) in [6, 6.07) is 6.17. The molecule has 0 bridgehead atoms. The molecule has 1 aromatic rings. The summed E-state index contributed by atoms with van der Waals surface area (Å²) in [7, 11) is 3.65. The Morgan fingerprint density at radius 3 is 2.16 bits per heavy atom. The molecule has 0 aliphatic rings. The molecule has 0 saturated carbocycles. The topological polar surface area (TPSA) is 47.3 Å². The third kappa shape index (κ3) is 3.48. The van der Waals surface area contributed by atoms with Gasteiger partial charge in [-0.1, -0.05) is 26.8 Å². The van der Waals surface area contributed by atoms with Crippen molar-refractivity contribution in [2.45, 2.75) is 51.6 Å². The quantitative estimate of drug-likeness (QED) is 0.879. The predicted octanol–water partition coefficient (Wildman–Crippen LogP) is 2.99. The molecular weight excluding hydrogens is 236 g/mol. The van der Waals surface area contributed by atoms with Crippen molar-refractivity contribution in [3.05, 3.63) is 29.3 Å². The molecule has 3 N–H and O–H groups in total. The van der Waals surface area contributed by atoms with E-state index in [9.17, 15) is 0 Å². The molecule has 1 rings (SSSR count). The fraction of sp³-hybridized carbons (Fsp3) is 0.625. The molecule has 1 unspecified atom stereocenters. The summed E-state index contributed by atoms with van der Waals surface area (Å²) >= 11 is 0. The third-order valence-corrected chi connectivity index (χ3v) is 3.81. The van der Waals surface area contributed by atoms with Gasteiger partial charge in [-0.05, 0) is 49.6 Å². The highest BCUT2D eigenvalue weighted by Gasteiger charge is 2.27. The first-order valence-corrected chi connectivity index (χ1v) is 6.76. The van der Waals surface area contributed by atoms with Crippen molar-refractivity contribution in [1.29, 1.82) is 0 Å². The van der Waals surface area contributed by atoms with E-state index in [-0.39, 0.29) is 17.0 Å². The number of hydrogen-bond acceptors (Lipinski definition) is 3. The van der Waals surface area contributed by atoms with E-state index >= 15 is 0 Å². The summed E-state index contributed by atoms with van der Waals surface area (Å²) in [5.74, 6) is 0.922. The van der Waals surface area contributed by atoms with Gasteiger partial charge in [-0.2, -0.15) is 0 Å². The second kappa shape index (κ2) is 5.51. The zero-order chi connectivity index (χ0) is 14.8. The minimum Gasteiger partial charge on any atom is -0.496 e. The van der Waals surface area contributed by atoms with Gasteiger partial charge in [0.25, 0.3) is 0 Å². The van der Waals surface area contributed by atoms with E-state index in [1.54, 1.807) is 7.11 Å². The SMILES string of the molecule is CNC(C)(C)C(N)c1ccc(OC)c(C(C)(C)C)c1. The number of rotatable bonds is 4. The Bertz CT molecular complexity index is 433. The van der Waals surface area contributed by atoms with E-state index in [2.05, 4.69) is 52.1 Å². The van der Waals surface area contributed by atoms with Crippen molar-refractivity contribution < 1.29 is 4.74 Å². The maximum atomic E-state index is 6.38. The highest BCUT2D eigenvalue weighted by atomic mass is 16.5. The van der Waals surface area contributed by atoms with Crippen LogP contribution in [0.5, 0.6) is 5.75 Å². The van der Waals surface area contributed by atoms with Crippen LogP contribution >= 0.6 is 0 Å². The summed E-state index contributed by atoms with van der Waals surface area (Å²) in [5, 5.41) is 3.27. The van der Waals surface area contributed by atoms with Crippen LogP contribution in [0.1, 0.15) is 51.8 Å². The largest absolute Gasteiger partial charge is 0.496 e. The Hall–Kier alpha value is -1.06. The highest BCUT2D eigenvalue weighted by Crippen LogP contribution is 2.34. The van der Waals surface area contributed by atoms with Crippen LogP contribution in [0, 0.1) is 0 Å². The molecular formula is C16H28N2O. The summed E-state index contributed by atoms with van der Waals surface area (Å²) in [5.41, 5.74) is 8.59. The smallest absolute Gasteiger partial charge is 0.122 e. The lowest BCUT2D eigenvalue weighted by atomic mass is 9.82. The van der Waals surface area contributed by atoms with Crippen LogP contribution in [0.2, 0.25) is 0 Å². The minimum atomic E-state index is -0.149. The predicted molar refractivity (Wildman–Crippen MR) is 81.8 cm³/mol. The van der Waals surface area contributed by atoms with Crippen LogP contribution in [-0.2, 0) is 5.41 Å². The van der Waals surface area contributed by atoms with Crippen molar-refractivity contribution in [3.8, 4) is 5.75 Å². The molecule has 0 aliphatic carbocycles. The van der Waals surface area contributed by atoms with E-state index in [1.165, 1.54) is 5.56 Å². The fourth-order valence-electron chi connectivity index (χ4n) is 2.08. The van der Waals surface area contributed by atoms with Crippen LogP contribution in [0.3, 0.4) is 0 Å². The molecule has 0 fully saturated rings. The van der Waals surface area contributed by atoms with Crippen molar-refractivity contribution >= 4 is 0 Å². The molecule has 108 valence electrons. The average molecular weight is 264 g/mol. The summed E-state index contributed by atoms with van der Waals surface area (Å²) < 4.78 is 5.46. The van der Waals surface area contributed by atoms with E-state index in [1.807, 2.05) is 13.1 Å². The van der Waals surface area contributed by atoms with Gasteiger partial charge in [-0.3, -0.25) is 0 Å². The number of ether oxygens (including phenoxy) is 1. The van der Waals surface area contributed by atoms with Gasteiger partial charge in [0.05, 0.1) is 7.11 Å². The molecule has 0 amide bonds. The van der Waals surface area contributed by atoms with Crippen LogP contribution in [0.4, 0.5) is 0 Å². The Kier molecular flexibility index (Phi) is 4.64. The molecule has 0 aromatic heterocycles. The second-order valence-electron chi connectivity index (χ2n) is 6.66. The van der Waals surface area contributed by atoms with Gasteiger partial charge >= 0.3 is 0 Å². The van der Waals surface area contributed by atoms with Gasteiger partial charge in [0.1, 0.15) is 5.75 Å². The second-order valence-corrected chi connectivity index (χ2v) is 6.66. The monoisotopic (exact) mass is 264 g/mol. The standard InChI is InChI=1S/C16H28N2O/c1-15(2,3)12-10-11(8-9-13(12)19-7)14(17)16(4,5)18-6/h8-10,14,18H,17H2,1-7H3. The molecule has 0 radical (unpaired) electrons. The van der Waals surface area contributed by atoms with E-state index in [0.717, 1.165) is 11.3 Å². The van der Waals surface area contributed by atoms with Crippen molar-refractivity contribution in [1.82, 2.24) is 5.32 Å². The molecule has 0 heterocycles. The first kappa shape index (κ1) is 16.0. The van der Waals surface area contributed by atoms with Crippen LogP contribution < -0.4 is 15.8 Å². The highest BCUT2D eigenvalue weighted by molar-refractivity contribution is 5.43. The maximum absolute atomic E-state index is 6.38. The van der Waals surface area contributed by atoms with Crippen molar-refractivity contribution in [2.24, 2.45) is 5.73 Å². The molecule has 0 aliphatic heterocycles. The number of nitrogens with two attached hydrogens (primary N) is 1. The van der Waals surface area contributed by atoms with E-state index in [0.29, 0.717) is 0 Å². The van der Waals surface area contributed by atoms with Gasteiger partial charge in [-0.15, -0.1) is 0 Å². The Balaban J connectivity index is 3.26. The van der Waals surface area contributed by atoms with Gasteiger partial charge in [0.2, 0.25) is 0 Å². The summed E-state index contributed by atoms with van der Waals surface area (Å²) in [4.78, 5) is 0. The lowest BCUT2D eigenvalue weighted by Gasteiger charge is -2.33. The molecule has 1 aromatic carbocycles. The molecule has 0 saturated heterocycles. The van der Waals surface area contributed by atoms with Crippen molar-refractivity contribution in [3.63, 3.8) is 0 Å². The van der Waals surface area contributed by atoms with E-state index in [4.69, 9.17) is 10.5 Å². The molecule has 3 heteroatoms. The number of methoxy groups -OCH3 is 1. The Morgan fingerprint density at radius 2 is 1.74 bits per heavy atom. The summed E-state index contributed by atoms with van der Waals surface area (Å²) in [6.07, 6.45) is 0. The molecule has 0 spiro atoms. The van der Waals surface area contributed by atoms with Gasteiger partial charge in [0, 0.05) is 11.6 Å². The number of likely N-dealkylation sites (N-methyl/N-ethyl adjacent to an activating group) is 1. The number of hydrogen-bond donors (Lipinski definition) is 2. The lowest BCUT2D eigenvalue weighted by molar-refractivity contribution is 0.347. The van der Waals surface area contributed by atoms with Crippen LogP contribution in [0.15, 0.2) is 18.2 Å². The first-order chi connectivity index (χ1) is 8.63. The summed E-state index contributed by atoms with van der Waals surface area (Å²) in [6.45, 7) is 10.8. The average Bonchev–Trinajstić information content (AvgIpc) is 2.36. The van der Waals surface area contributed by atoms with Gasteiger partial charge < -0.3 is 15.8 Å². The van der Waals surface area contributed by atoms with Crippen LogP contribution in [-0.4, -0.2) is 19.7 Å². The normalized spacial score (nSPS) is 14.3. The van der Waals surface area contributed by atoms with Gasteiger partial charge in [-0.25, -0.2) is 0 Å². The van der Waals surface area contributed by atoms with Gasteiger partial charge in [0.15, 0.2) is 0 Å². The molecule has 3 nitrogen and oxygen atoms in total. The lowest BCUT2D eigenvalue weighted by Crippen LogP contribution is -2.46. The zero-order valence-electron chi connectivity index (χ0n) is 13.3. The Morgan fingerprint density at radius 1 is 1.16 bits per heavy atom. The zero-order valence-corrected chi connectivity index (χ0v) is 13.3. The first-order valence-electron chi connectivity index (χ1n) is 6.76. The number of benzene rings is 1. The third-order valence-electron chi connectivity index (χ3n) is 3.81. The van der Waals surface area contributed by atoms with Crippen molar-refractivity contribution in [2.75, 3.05) is 14.2 Å². The fourth-order valence-corrected chi connectivity index (χ4v) is 2.08. The van der Waals surface area contributed by atoms with E-state index < -0.39 is 0 Å².